The van der Waals surface area contributed by atoms with E-state index < -0.39 is 21.0 Å². The molecule has 2 rings (SSSR count). The SMILES string of the molecule is CC(C(=O)NCC1CCCO1)S(=O)(=O)c1ccc(Br)cc1. The summed E-state index contributed by atoms with van der Waals surface area (Å²) in [5.74, 6) is -0.492. The molecule has 1 heterocycles. The molecule has 1 aliphatic rings. The van der Waals surface area contributed by atoms with Gasteiger partial charge in [0.25, 0.3) is 0 Å². The van der Waals surface area contributed by atoms with Gasteiger partial charge in [0.05, 0.1) is 11.0 Å². The molecule has 1 fully saturated rings. The molecule has 116 valence electrons. The van der Waals surface area contributed by atoms with Gasteiger partial charge < -0.3 is 10.1 Å². The zero-order valence-corrected chi connectivity index (χ0v) is 14.1. The first kappa shape index (κ1) is 16.5. The van der Waals surface area contributed by atoms with Crippen molar-refractivity contribution in [2.45, 2.75) is 36.0 Å². The highest BCUT2D eigenvalue weighted by Crippen LogP contribution is 2.19. The number of hydrogen-bond acceptors (Lipinski definition) is 4. The summed E-state index contributed by atoms with van der Waals surface area (Å²) in [5.41, 5.74) is 0. The first-order valence-corrected chi connectivity index (χ1v) is 9.14. The van der Waals surface area contributed by atoms with Crippen LogP contribution in [0.3, 0.4) is 0 Å². The first-order chi connectivity index (χ1) is 9.91. The summed E-state index contributed by atoms with van der Waals surface area (Å²) >= 11 is 3.25. The molecule has 1 saturated heterocycles. The molecule has 0 radical (unpaired) electrons. The number of hydrogen-bond donors (Lipinski definition) is 1. The Balaban J connectivity index is 2.01. The van der Waals surface area contributed by atoms with Crippen LogP contribution in [0.25, 0.3) is 0 Å². The van der Waals surface area contributed by atoms with Crippen LogP contribution < -0.4 is 5.32 Å². The van der Waals surface area contributed by atoms with E-state index >= 15 is 0 Å². The topological polar surface area (TPSA) is 72.5 Å². The quantitative estimate of drug-likeness (QED) is 0.852. The highest BCUT2D eigenvalue weighted by atomic mass is 79.9. The van der Waals surface area contributed by atoms with Gasteiger partial charge in [-0.15, -0.1) is 0 Å². The lowest BCUT2D eigenvalue weighted by Gasteiger charge is -2.15. The maximum absolute atomic E-state index is 12.4. The fraction of sp³-hybridized carbons (Fsp3) is 0.500. The third-order valence-corrected chi connectivity index (χ3v) is 6.11. The van der Waals surface area contributed by atoms with Gasteiger partial charge in [0.1, 0.15) is 5.25 Å². The van der Waals surface area contributed by atoms with Crippen molar-refractivity contribution in [2.75, 3.05) is 13.2 Å². The molecule has 1 aromatic carbocycles. The van der Waals surface area contributed by atoms with Gasteiger partial charge in [-0.05, 0) is 44.0 Å². The second-order valence-electron chi connectivity index (χ2n) is 5.02. The Morgan fingerprint density at radius 2 is 2.10 bits per heavy atom. The predicted octanol–water partition coefficient (Wildman–Crippen LogP) is 1.91. The Morgan fingerprint density at radius 1 is 1.43 bits per heavy atom. The average Bonchev–Trinajstić information content (AvgIpc) is 2.97. The van der Waals surface area contributed by atoms with Crippen molar-refractivity contribution in [1.82, 2.24) is 5.32 Å². The Morgan fingerprint density at radius 3 is 2.67 bits per heavy atom. The van der Waals surface area contributed by atoms with Crippen LogP contribution >= 0.6 is 15.9 Å². The van der Waals surface area contributed by atoms with Crippen LogP contribution in [-0.4, -0.2) is 38.8 Å². The van der Waals surface area contributed by atoms with Gasteiger partial charge in [0.2, 0.25) is 5.91 Å². The summed E-state index contributed by atoms with van der Waals surface area (Å²) in [4.78, 5) is 12.2. The van der Waals surface area contributed by atoms with E-state index in [2.05, 4.69) is 21.2 Å². The van der Waals surface area contributed by atoms with E-state index in [0.717, 1.165) is 17.3 Å². The number of nitrogens with one attached hydrogen (secondary N) is 1. The summed E-state index contributed by atoms with van der Waals surface area (Å²) in [5, 5.41) is 1.53. The Labute approximate surface area is 133 Å². The summed E-state index contributed by atoms with van der Waals surface area (Å²) in [6, 6.07) is 6.26. The molecule has 7 heteroatoms. The predicted molar refractivity (Wildman–Crippen MR) is 82.8 cm³/mol. The van der Waals surface area contributed by atoms with Gasteiger partial charge in [-0.3, -0.25) is 4.79 Å². The standard InChI is InChI=1S/C14H18BrNO4S/c1-10(14(17)16-9-12-3-2-8-20-12)21(18,19)13-6-4-11(15)5-7-13/h4-7,10,12H,2-3,8-9H2,1H3,(H,16,17). The second kappa shape index (κ2) is 6.89. The van der Waals surface area contributed by atoms with Crippen molar-refractivity contribution in [2.24, 2.45) is 0 Å². The zero-order valence-electron chi connectivity index (χ0n) is 11.7. The smallest absolute Gasteiger partial charge is 0.238 e. The van der Waals surface area contributed by atoms with E-state index in [1.807, 2.05) is 0 Å². The minimum atomic E-state index is -3.67. The highest BCUT2D eigenvalue weighted by Gasteiger charge is 2.30. The number of halogens is 1. The molecule has 1 N–H and O–H groups in total. The number of carbonyl (C=O) groups excluding carboxylic acids is 1. The lowest BCUT2D eigenvalue weighted by molar-refractivity contribution is -0.120. The molecule has 2 unspecified atom stereocenters. The number of carbonyl (C=O) groups is 1. The van der Waals surface area contributed by atoms with Crippen molar-refractivity contribution < 1.29 is 17.9 Å². The van der Waals surface area contributed by atoms with E-state index in [4.69, 9.17) is 4.74 Å². The summed E-state index contributed by atoms with van der Waals surface area (Å²) in [6.07, 6.45) is 1.87. The van der Waals surface area contributed by atoms with E-state index in [-0.39, 0.29) is 11.0 Å². The average molecular weight is 376 g/mol. The van der Waals surface area contributed by atoms with E-state index in [9.17, 15) is 13.2 Å². The first-order valence-electron chi connectivity index (χ1n) is 6.80. The van der Waals surface area contributed by atoms with Gasteiger partial charge in [-0.25, -0.2) is 8.42 Å². The molecular formula is C14H18BrNO4S. The highest BCUT2D eigenvalue weighted by molar-refractivity contribution is 9.10. The van der Waals surface area contributed by atoms with Crippen molar-refractivity contribution in [1.29, 1.82) is 0 Å². The molecule has 1 amide bonds. The second-order valence-corrected chi connectivity index (χ2v) is 8.21. The molecule has 0 aromatic heterocycles. The number of benzene rings is 1. The summed E-state index contributed by atoms with van der Waals surface area (Å²) in [7, 11) is -3.67. The van der Waals surface area contributed by atoms with Crippen LogP contribution in [0.2, 0.25) is 0 Å². The Bertz CT molecular complexity index is 594. The van der Waals surface area contributed by atoms with Crippen LogP contribution in [0.4, 0.5) is 0 Å². The van der Waals surface area contributed by atoms with Gasteiger partial charge in [0, 0.05) is 17.6 Å². The van der Waals surface area contributed by atoms with Crippen LogP contribution in [-0.2, 0) is 19.4 Å². The van der Waals surface area contributed by atoms with Gasteiger partial charge >= 0.3 is 0 Å². The lowest BCUT2D eigenvalue weighted by atomic mass is 10.2. The summed E-state index contributed by atoms with van der Waals surface area (Å²) < 4.78 is 30.9. The van der Waals surface area contributed by atoms with E-state index in [1.165, 1.54) is 19.1 Å². The van der Waals surface area contributed by atoms with Crippen molar-refractivity contribution in [3.63, 3.8) is 0 Å². The monoisotopic (exact) mass is 375 g/mol. The van der Waals surface area contributed by atoms with Crippen LogP contribution in [0.15, 0.2) is 33.6 Å². The maximum Gasteiger partial charge on any atom is 0.238 e. The number of sulfone groups is 1. The van der Waals surface area contributed by atoms with Crippen LogP contribution in [0, 0.1) is 0 Å². The fourth-order valence-electron chi connectivity index (χ4n) is 2.13. The fourth-order valence-corrected chi connectivity index (χ4v) is 3.69. The number of amides is 1. The van der Waals surface area contributed by atoms with Crippen molar-refractivity contribution >= 4 is 31.7 Å². The molecule has 5 nitrogen and oxygen atoms in total. The van der Waals surface area contributed by atoms with E-state index in [0.29, 0.717) is 13.2 Å². The molecule has 0 spiro atoms. The van der Waals surface area contributed by atoms with Gasteiger partial charge in [0.15, 0.2) is 9.84 Å². The molecular weight excluding hydrogens is 358 g/mol. The normalized spacial score (nSPS) is 20.2. The largest absolute Gasteiger partial charge is 0.376 e. The zero-order chi connectivity index (χ0) is 15.5. The number of ether oxygens (including phenoxy) is 1. The molecule has 0 bridgehead atoms. The van der Waals surface area contributed by atoms with E-state index in [1.54, 1.807) is 12.1 Å². The molecule has 1 aromatic rings. The molecule has 0 saturated carbocycles. The Kier molecular flexibility index (Phi) is 5.40. The minimum Gasteiger partial charge on any atom is -0.376 e. The molecule has 21 heavy (non-hydrogen) atoms. The Hall–Kier alpha value is -0.920. The molecule has 0 aliphatic carbocycles. The number of rotatable bonds is 5. The third-order valence-electron chi connectivity index (χ3n) is 3.50. The van der Waals surface area contributed by atoms with Crippen molar-refractivity contribution in [3.05, 3.63) is 28.7 Å². The van der Waals surface area contributed by atoms with Crippen molar-refractivity contribution in [3.8, 4) is 0 Å². The third kappa shape index (κ3) is 4.05. The van der Waals surface area contributed by atoms with Crippen LogP contribution in [0.5, 0.6) is 0 Å². The minimum absolute atomic E-state index is 0.00321. The lowest BCUT2D eigenvalue weighted by Crippen LogP contribution is -2.41. The maximum atomic E-state index is 12.4. The van der Waals surface area contributed by atoms with Gasteiger partial charge in [-0.2, -0.15) is 0 Å². The molecule has 1 aliphatic heterocycles. The molecule has 2 atom stereocenters. The van der Waals surface area contributed by atoms with Gasteiger partial charge in [-0.1, -0.05) is 15.9 Å². The summed E-state index contributed by atoms with van der Waals surface area (Å²) in [6.45, 7) is 2.47. The van der Waals surface area contributed by atoms with Crippen LogP contribution in [0.1, 0.15) is 19.8 Å².